The van der Waals surface area contributed by atoms with E-state index >= 15 is 0 Å². The van der Waals surface area contributed by atoms with E-state index in [9.17, 15) is 53.4 Å². The van der Waals surface area contributed by atoms with E-state index in [0.29, 0.717) is 25.7 Å². The molecule has 0 aromatic heterocycles. The topological polar surface area (TPSA) is 323 Å². The molecule has 4 saturated carbocycles. The molecule has 25 heteroatoms. The van der Waals surface area contributed by atoms with Crippen LogP contribution in [0, 0.1) is 50.2 Å². The van der Waals surface area contributed by atoms with E-state index in [-0.39, 0.29) is 40.4 Å². The van der Waals surface area contributed by atoms with E-state index in [1.165, 1.54) is 12.5 Å². The number of esters is 8. The molecule has 25 nitrogen and oxygen atoms in total. The molecule has 3 saturated heterocycles. The number of fused-ring (bicyclic) bond motifs is 7. The van der Waals surface area contributed by atoms with Crippen LogP contribution in [0.15, 0.2) is 11.6 Å². The average Bonchev–Trinajstić information content (AvgIpc) is 0.690. The Balaban J connectivity index is 1.15. The highest BCUT2D eigenvalue weighted by Crippen LogP contribution is 2.76. The van der Waals surface area contributed by atoms with Crippen LogP contribution in [-0.2, 0) is 109 Å². The number of aliphatic carboxylic acids is 1. The Morgan fingerprint density at radius 1 is 0.545 bits per heavy atom. The number of allylic oxidation sites excluding steroid dienone is 2. The molecule has 7 fully saturated rings. The van der Waals surface area contributed by atoms with Gasteiger partial charge in [0, 0.05) is 55.4 Å². The first-order valence-electron chi connectivity index (χ1n) is 30.7. The molecule has 0 radical (unpaired) electrons. The van der Waals surface area contributed by atoms with Crippen LogP contribution in [0.3, 0.4) is 0 Å². The molecule has 0 amide bonds. The van der Waals surface area contributed by atoms with Gasteiger partial charge in [0.15, 0.2) is 67.7 Å². The molecule has 494 valence electrons. The van der Waals surface area contributed by atoms with Crippen LogP contribution in [0.25, 0.3) is 0 Å². The number of hydrogen-bond donors (Lipinski definition) is 2. The van der Waals surface area contributed by atoms with Gasteiger partial charge in [0.1, 0.15) is 18.8 Å². The van der Waals surface area contributed by atoms with Crippen molar-refractivity contribution < 1.29 is 120 Å². The highest BCUT2D eigenvalue weighted by molar-refractivity contribution is 5.77. The fraction of sp³-hybridized carbons (Fsp3) is 0.825. The third-order valence-corrected chi connectivity index (χ3v) is 21.1. The predicted molar refractivity (Wildman–Crippen MR) is 301 cm³/mol. The number of carbonyl (C=O) groups excluding carboxylic acids is 8. The van der Waals surface area contributed by atoms with Crippen molar-refractivity contribution in [2.24, 2.45) is 50.2 Å². The third-order valence-electron chi connectivity index (χ3n) is 21.1. The molecular formula is C63H92O25. The van der Waals surface area contributed by atoms with Crippen LogP contribution in [0.1, 0.15) is 169 Å². The number of carboxylic acids is 1. The Bertz CT molecular complexity index is 2720. The Morgan fingerprint density at radius 3 is 1.62 bits per heavy atom. The molecule has 0 spiro atoms. The van der Waals surface area contributed by atoms with E-state index in [2.05, 4.69) is 40.7 Å². The van der Waals surface area contributed by atoms with Gasteiger partial charge in [-0.05, 0) is 110 Å². The minimum atomic E-state index is -1.83. The maximum atomic E-state index is 13.4. The van der Waals surface area contributed by atoms with Crippen LogP contribution in [0.4, 0.5) is 0 Å². The molecule has 8 rings (SSSR count). The molecule has 88 heavy (non-hydrogen) atoms. The number of aliphatic hydroxyl groups excluding tert-OH is 1. The lowest BCUT2D eigenvalue weighted by Crippen LogP contribution is -2.69. The van der Waals surface area contributed by atoms with Gasteiger partial charge in [-0.25, -0.2) is 0 Å². The lowest BCUT2D eigenvalue weighted by molar-refractivity contribution is -0.383. The Hall–Kier alpha value is -5.31. The fourth-order valence-corrected chi connectivity index (χ4v) is 17.3. The molecule has 0 bridgehead atoms. The molecule has 8 aliphatic rings. The summed E-state index contributed by atoms with van der Waals surface area (Å²) in [6.07, 6.45) is -16.1. The van der Waals surface area contributed by atoms with Crippen LogP contribution in [-0.4, -0.2) is 175 Å². The summed E-state index contributed by atoms with van der Waals surface area (Å²) in [5.41, 5.74) is -1.58. The highest BCUT2D eigenvalue weighted by atomic mass is 16.8. The number of carboxylic acid groups (broad SMARTS) is 1. The van der Waals surface area contributed by atoms with Crippen LogP contribution >= 0.6 is 0 Å². The van der Waals surface area contributed by atoms with Crippen LogP contribution in [0.2, 0.25) is 0 Å². The second-order valence-electron chi connectivity index (χ2n) is 27.9. The van der Waals surface area contributed by atoms with Crippen molar-refractivity contribution in [3.8, 4) is 0 Å². The largest absolute Gasteiger partial charge is 0.481 e. The molecule has 5 aliphatic carbocycles. The van der Waals surface area contributed by atoms with Crippen molar-refractivity contribution in [2.75, 3.05) is 13.2 Å². The summed E-state index contributed by atoms with van der Waals surface area (Å²) in [7, 11) is 0. The first-order valence-corrected chi connectivity index (χ1v) is 30.7. The number of rotatable bonds is 16. The number of aliphatic hydroxyl groups is 1. The van der Waals surface area contributed by atoms with Gasteiger partial charge in [0.2, 0.25) is 0 Å². The SMILES string of the molecule is CC(=O)OC[C@H]1O[C@@H](O[C@H]2[C@H](O)C[C@]3(C)[C@H]4CC=C5[C@@H]6CC(C)(C)CC[C@]6(C(=O)O)CC[C@@]5(C)[C@]4(C)CC[C@H]3C2(C)C)[C@H](O[C@@H]2OC[C@@H](O[C@@H]3O[C@@H](C)[C@H](OC(C)=O)[C@@H](OC(C)=O)[C@H]3OC(C)=O)[C@H](OC(C)=O)[C@H]2OC(C)=O)[C@@H](OC(C)=O)[C@@H]1OC(C)=O. The monoisotopic (exact) mass is 1250 g/mol. The maximum absolute atomic E-state index is 13.4. The number of hydrogen-bond acceptors (Lipinski definition) is 24. The van der Waals surface area contributed by atoms with E-state index in [1.54, 1.807) is 0 Å². The average molecular weight is 1250 g/mol. The zero-order chi connectivity index (χ0) is 65.1. The number of ether oxygens (including phenoxy) is 14. The first kappa shape index (κ1) is 68.6. The molecule has 3 heterocycles. The second-order valence-corrected chi connectivity index (χ2v) is 27.9. The van der Waals surface area contributed by atoms with Gasteiger partial charge in [-0.1, -0.05) is 60.1 Å². The summed E-state index contributed by atoms with van der Waals surface area (Å²) in [4.78, 5) is 116. The zero-order valence-electron chi connectivity index (χ0n) is 53.6. The fourth-order valence-electron chi connectivity index (χ4n) is 17.3. The van der Waals surface area contributed by atoms with Gasteiger partial charge >= 0.3 is 53.7 Å². The summed E-state index contributed by atoms with van der Waals surface area (Å²) >= 11 is 0. The molecule has 23 atom stereocenters. The quantitative estimate of drug-likeness (QED) is 0.0785. The van der Waals surface area contributed by atoms with Crippen molar-refractivity contribution in [2.45, 2.75) is 267 Å². The first-order chi connectivity index (χ1) is 40.9. The van der Waals surface area contributed by atoms with Gasteiger partial charge in [0.05, 0.1) is 30.3 Å². The van der Waals surface area contributed by atoms with Crippen molar-refractivity contribution in [1.82, 2.24) is 0 Å². The van der Waals surface area contributed by atoms with E-state index in [0.717, 1.165) is 81.1 Å². The molecule has 0 aromatic rings. The van der Waals surface area contributed by atoms with Gasteiger partial charge in [-0.3, -0.25) is 43.2 Å². The highest BCUT2D eigenvalue weighted by Gasteiger charge is 2.71. The number of carbonyl (C=O) groups is 9. The van der Waals surface area contributed by atoms with Crippen LogP contribution in [0.5, 0.6) is 0 Å². The second kappa shape index (κ2) is 25.8. The minimum Gasteiger partial charge on any atom is -0.481 e. The van der Waals surface area contributed by atoms with E-state index in [1.807, 2.05) is 13.8 Å². The van der Waals surface area contributed by atoms with E-state index < -0.39 is 181 Å². The van der Waals surface area contributed by atoms with Gasteiger partial charge < -0.3 is 76.5 Å². The molecule has 0 unspecified atom stereocenters. The summed E-state index contributed by atoms with van der Waals surface area (Å²) in [5.74, 6) is -7.77. The maximum Gasteiger partial charge on any atom is 0.310 e. The van der Waals surface area contributed by atoms with Gasteiger partial charge in [0.25, 0.3) is 0 Å². The Morgan fingerprint density at radius 2 is 1.06 bits per heavy atom. The predicted octanol–water partition coefficient (Wildman–Crippen LogP) is 5.91. The van der Waals surface area contributed by atoms with Gasteiger partial charge in [-0.2, -0.15) is 0 Å². The molecule has 2 N–H and O–H groups in total. The smallest absolute Gasteiger partial charge is 0.310 e. The molecule has 3 aliphatic heterocycles. The Labute approximate surface area is 513 Å². The molecular weight excluding hydrogens is 1160 g/mol. The van der Waals surface area contributed by atoms with E-state index in [4.69, 9.17) is 66.3 Å². The summed E-state index contributed by atoms with van der Waals surface area (Å²) in [6, 6.07) is 0. The van der Waals surface area contributed by atoms with Crippen LogP contribution < -0.4 is 0 Å². The normalized spacial score (nSPS) is 42.3. The van der Waals surface area contributed by atoms with Gasteiger partial charge in [-0.15, -0.1) is 0 Å². The summed E-state index contributed by atoms with van der Waals surface area (Å²) in [5, 5.41) is 23.9. The van der Waals surface area contributed by atoms with Crippen molar-refractivity contribution >= 4 is 53.7 Å². The Kier molecular flexibility index (Phi) is 20.1. The molecule has 0 aromatic carbocycles. The minimum absolute atomic E-state index is 0.0243. The lowest BCUT2D eigenvalue weighted by Gasteiger charge is -2.71. The standard InChI is InChI=1S/C63H92O25/c1-29-45(78-31(3)65)48(81-34(6)68)51(84-37(9)71)55(77-29)85-42-28-76-54(50(83-36(8)70)47(42)80-33(5)67)87-52-49(82-35(7)69)46(79-32(4)66)41(27-75-30(2)64)86-56(52)88-53-40(72)26-60(14)43(59(53,12)13)19-20-62(16)44(60)18-17-38-39-25-58(10,11)21-23-63(39,57(73)74)24-22-61(38,62)15/h17,29,39-56,72H,18-28H2,1-16H3,(H,73,74)/t29-,39-,40+,41+,42+,43-,44+,45-,46+,47-,48+,49-,50+,51+,52+,53-,54-,55-,56-,60-,61+,62+,63-/m0/s1. The summed E-state index contributed by atoms with van der Waals surface area (Å²) in [6.45, 7) is 24.5. The lowest BCUT2D eigenvalue weighted by atomic mass is 9.33. The summed E-state index contributed by atoms with van der Waals surface area (Å²) < 4.78 is 85.1. The van der Waals surface area contributed by atoms with Crippen molar-refractivity contribution in [1.29, 1.82) is 0 Å². The third kappa shape index (κ3) is 13.2. The van der Waals surface area contributed by atoms with Crippen molar-refractivity contribution in [3.63, 3.8) is 0 Å². The zero-order valence-corrected chi connectivity index (χ0v) is 53.6. The van der Waals surface area contributed by atoms with Crippen molar-refractivity contribution in [3.05, 3.63) is 11.6 Å².